The molecule has 0 aliphatic rings. The van der Waals surface area contributed by atoms with Crippen LogP contribution in [0.25, 0.3) is 6.08 Å². The standard InChI is InChI=1S/C23H29N3O2/c1-4-26(3)17-21-12-8-11-20(15-21)16-24-23(28)18(2)25-22(27)14-13-19-9-6-5-7-10-19/h5-15,18H,4,16-17H2,1-3H3,(H,24,28)(H,25,27)/b14-13+. The van der Waals surface area contributed by atoms with Gasteiger partial charge in [-0.1, -0.05) is 61.5 Å². The van der Waals surface area contributed by atoms with E-state index in [2.05, 4.69) is 41.6 Å². The average molecular weight is 380 g/mol. The minimum Gasteiger partial charge on any atom is -0.350 e. The fraction of sp³-hybridized carbons (Fsp3) is 0.304. The molecule has 0 radical (unpaired) electrons. The predicted octanol–water partition coefficient (Wildman–Crippen LogP) is 2.97. The SMILES string of the molecule is CCN(C)Cc1cccc(CNC(=O)C(C)NC(=O)/C=C/c2ccccc2)c1. The van der Waals surface area contributed by atoms with Crippen LogP contribution in [0.5, 0.6) is 0 Å². The van der Waals surface area contributed by atoms with E-state index in [1.807, 2.05) is 42.5 Å². The minimum absolute atomic E-state index is 0.211. The molecule has 1 unspecified atom stereocenters. The number of hydrogen-bond acceptors (Lipinski definition) is 3. The van der Waals surface area contributed by atoms with Gasteiger partial charge in [0.2, 0.25) is 11.8 Å². The van der Waals surface area contributed by atoms with Gasteiger partial charge in [-0.3, -0.25) is 9.59 Å². The molecule has 0 fully saturated rings. The highest BCUT2D eigenvalue weighted by Gasteiger charge is 2.14. The number of benzene rings is 2. The summed E-state index contributed by atoms with van der Waals surface area (Å²) in [6, 6.07) is 17.1. The molecule has 2 aromatic rings. The molecule has 5 nitrogen and oxygen atoms in total. The van der Waals surface area contributed by atoms with Crippen LogP contribution < -0.4 is 10.6 Å². The Morgan fingerprint density at radius 2 is 1.79 bits per heavy atom. The molecule has 2 amide bonds. The van der Waals surface area contributed by atoms with Crippen molar-refractivity contribution in [2.45, 2.75) is 33.0 Å². The molecule has 0 saturated heterocycles. The Labute approximate surface area is 167 Å². The van der Waals surface area contributed by atoms with Crippen LogP contribution >= 0.6 is 0 Å². The number of nitrogens with zero attached hydrogens (tertiary/aromatic N) is 1. The van der Waals surface area contributed by atoms with Crippen LogP contribution in [-0.4, -0.2) is 36.3 Å². The molecule has 0 aliphatic heterocycles. The van der Waals surface area contributed by atoms with Gasteiger partial charge in [-0.05, 0) is 43.3 Å². The zero-order valence-electron chi connectivity index (χ0n) is 16.8. The van der Waals surface area contributed by atoms with Gasteiger partial charge in [0.1, 0.15) is 6.04 Å². The monoisotopic (exact) mass is 379 g/mol. The van der Waals surface area contributed by atoms with Crippen molar-refractivity contribution in [3.8, 4) is 0 Å². The first-order valence-corrected chi connectivity index (χ1v) is 9.55. The zero-order valence-corrected chi connectivity index (χ0v) is 16.8. The highest BCUT2D eigenvalue weighted by atomic mass is 16.2. The summed E-state index contributed by atoms with van der Waals surface area (Å²) in [4.78, 5) is 26.5. The lowest BCUT2D eigenvalue weighted by molar-refractivity contribution is -0.126. The summed E-state index contributed by atoms with van der Waals surface area (Å²) in [7, 11) is 2.07. The van der Waals surface area contributed by atoms with Gasteiger partial charge in [-0.2, -0.15) is 0 Å². The fourth-order valence-corrected chi connectivity index (χ4v) is 2.67. The first-order valence-electron chi connectivity index (χ1n) is 9.55. The van der Waals surface area contributed by atoms with Crippen LogP contribution in [0, 0.1) is 0 Å². The molecule has 0 heterocycles. The smallest absolute Gasteiger partial charge is 0.244 e. The minimum atomic E-state index is -0.609. The summed E-state index contributed by atoms with van der Waals surface area (Å²) in [6.45, 7) is 6.09. The second-order valence-corrected chi connectivity index (χ2v) is 6.84. The molecule has 0 aliphatic carbocycles. The van der Waals surface area contributed by atoms with Gasteiger partial charge in [-0.15, -0.1) is 0 Å². The molecule has 0 spiro atoms. The normalized spacial score (nSPS) is 12.1. The van der Waals surface area contributed by atoms with Gasteiger partial charge in [0.05, 0.1) is 0 Å². The number of rotatable bonds is 9. The van der Waals surface area contributed by atoms with Crippen molar-refractivity contribution >= 4 is 17.9 Å². The topological polar surface area (TPSA) is 61.4 Å². The summed E-state index contributed by atoms with van der Waals surface area (Å²) >= 11 is 0. The van der Waals surface area contributed by atoms with E-state index < -0.39 is 6.04 Å². The zero-order chi connectivity index (χ0) is 20.4. The van der Waals surface area contributed by atoms with Crippen molar-refractivity contribution in [1.29, 1.82) is 0 Å². The first-order chi connectivity index (χ1) is 13.5. The van der Waals surface area contributed by atoms with Crippen molar-refractivity contribution < 1.29 is 9.59 Å². The Bertz CT molecular complexity index is 803. The van der Waals surface area contributed by atoms with Crippen molar-refractivity contribution in [2.75, 3.05) is 13.6 Å². The Kier molecular flexibility index (Phi) is 8.43. The van der Waals surface area contributed by atoms with Crippen LogP contribution in [0.4, 0.5) is 0 Å². The van der Waals surface area contributed by atoms with Crippen molar-refractivity contribution in [2.24, 2.45) is 0 Å². The quantitative estimate of drug-likeness (QED) is 0.659. The van der Waals surface area contributed by atoms with Crippen LogP contribution in [0.3, 0.4) is 0 Å². The second-order valence-electron chi connectivity index (χ2n) is 6.84. The molecule has 0 saturated carbocycles. The van der Waals surface area contributed by atoms with Gasteiger partial charge < -0.3 is 15.5 Å². The maximum Gasteiger partial charge on any atom is 0.244 e. The maximum absolute atomic E-state index is 12.3. The Morgan fingerprint density at radius 1 is 1.07 bits per heavy atom. The lowest BCUT2D eigenvalue weighted by Crippen LogP contribution is -2.44. The van der Waals surface area contributed by atoms with E-state index in [0.717, 1.165) is 24.2 Å². The molecule has 1 atom stereocenters. The maximum atomic E-state index is 12.3. The average Bonchev–Trinajstić information content (AvgIpc) is 2.71. The van der Waals surface area contributed by atoms with E-state index in [1.165, 1.54) is 11.6 Å². The van der Waals surface area contributed by atoms with Crippen LogP contribution in [0.15, 0.2) is 60.7 Å². The highest BCUT2D eigenvalue weighted by molar-refractivity contribution is 5.95. The molecule has 28 heavy (non-hydrogen) atoms. The molecule has 0 aromatic heterocycles. The van der Waals surface area contributed by atoms with Gasteiger partial charge in [0.15, 0.2) is 0 Å². The number of amides is 2. The second kappa shape index (κ2) is 11.0. The summed E-state index contributed by atoms with van der Waals surface area (Å²) in [5.41, 5.74) is 3.18. The number of carbonyl (C=O) groups excluding carboxylic acids is 2. The predicted molar refractivity (Wildman–Crippen MR) is 113 cm³/mol. The van der Waals surface area contributed by atoms with E-state index >= 15 is 0 Å². The van der Waals surface area contributed by atoms with Crippen LogP contribution in [0.1, 0.15) is 30.5 Å². The Hall–Kier alpha value is -2.92. The molecule has 2 N–H and O–H groups in total. The number of hydrogen-bond donors (Lipinski definition) is 2. The van der Waals surface area contributed by atoms with E-state index in [0.29, 0.717) is 6.54 Å². The van der Waals surface area contributed by atoms with Gasteiger partial charge in [0.25, 0.3) is 0 Å². The summed E-state index contributed by atoms with van der Waals surface area (Å²) < 4.78 is 0. The van der Waals surface area contributed by atoms with Gasteiger partial charge >= 0.3 is 0 Å². The third kappa shape index (κ3) is 7.37. The Balaban J connectivity index is 1.81. The van der Waals surface area contributed by atoms with Gasteiger partial charge in [-0.25, -0.2) is 0 Å². The number of nitrogens with one attached hydrogen (secondary N) is 2. The molecule has 2 aromatic carbocycles. The summed E-state index contributed by atoms with van der Waals surface area (Å²) in [6.07, 6.45) is 3.16. The van der Waals surface area contributed by atoms with Crippen LogP contribution in [0.2, 0.25) is 0 Å². The van der Waals surface area contributed by atoms with Gasteiger partial charge in [0, 0.05) is 19.2 Å². The molecule has 2 rings (SSSR count). The molecular formula is C23H29N3O2. The van der Waals surface area contributed by atoms with Crippen molar-refractivity contribution in [1.82, 2.24) is 15.5 Å². The van der Waals surface area contributed by atoms with Crippen LogP contribution in [-0.2, 0) is 22.7 Å². The van der Waals surface area contributed by atoms with E-state index in [1.54, 1.807) is 13.0 Å². The van der Waals surface area contributed by atoms with E-state index in [-0.39, 0.29) is 11.8 Å². The summed E-state index contributed by atoms with van der Waals surface area (Å²) in [5, 5.41) is 5.57. The molecule has 148 valence electrons. The van der Waals surface area contributed by atoms with E-state index in [9.17, 15) is 9.59 Å². The molecule has 0 bridgehead atoms. The molecular weight excluding hydrogens is 350 g/mol. The first kappa shape index (κ1) is 21.4. The molecule has 5 heteroatoms. The summed E-state index contributed by atoms with van der Waals surface area (Å²) in [5.74, 6) is -0.506. The third-order valence-electron chi connectivity index (χ3n) is 4.43. The van der Waals surface area contributed by atoms with E-state index in [4.69, 9.17) is 0 Å². The number of carbonyl (C=O) groups is 2. The van der Waals surface area contributed by atoms with Crippen molar-refractivity contribution in [3.05, 3.63) is 77.4 Å². The lowest BCUT2D eigenvalue weighted by atomic mass is 10.1. The third-order valence-corrected chi connectivity index (χ3v) is 4.43. The largest absolute Gasteiger partial charge is 0.350 e. The lowest BCUT2D eigenvalue weighted by Gasteiger charge is -2.15. The highest BCUT2D eigenvalue weighted by Crippen LogP contribution is 2.07. The fourth-order valence-electron chi connectivity index (χ4n) is 2.67. The Morgan fingerprint density at radius 3 is 2.50 bits per heavy atom. The van der Waals surface area contributed by atoms with Crippen molar-refractivity contribution in [3.63, 3.8) is 0 Å².